The number of hydrogen-bond donors (Lipinski definition) is 3. The lowest BCUT2D eigenvalue weighted by Gasteiger charge is -2.24. The third-order valence-corrected chi connectivity index (χ3v) is 4.41. The fourth-order valence-electron chi connectivity index (χ4n) is 3.02. The Morgan fingerprint density at radius 2 is 2.00 bits per heavy atom. The molecule has 2 atom stereocenters. The van der Waals surface area contributed by atoms with Crippen LogP contribution in [0.4, 0.5) is 4.79 Å². The number of hydrogen-bond acceptors (Lipinski definition) is 4. The van der Waals surface area contributed by atoms with Crippen molar-refractivity contribution in [3.8, 4) is 11.5 Å². The van der Waals surface area contributed by atoms with Crippen LogP contribution in [0.1, 0.15) is 24.4 Å². The SMILES string of the molecule is O=C1NC[C@H](C(=O)N[C@@H](c2ccc3c(c2)OCCO3)C2CC2)N1. The van der Waals surface area contributed by atoms with E-state index in [0.717, 1.165) is 29.9 Å². The van der Waals surface area contributed by atoms with E-state index in [4.69, 9.17) is 9.47 Å². The van der Waals surface area contributed by atoms with Gasteiger partial charge in [-0.25, -0.2) is 4.79 Å². The lowest BCUT2D eigenvalue weighted by Crippen LogP contribution is -2.44. The lowest BCUT2D eigenvalue weighted by atomic mass is 10.0. The van der Waals surface area contributed by atoms with Crippen LogP contribution in [0.15, 0.2) is 18.2 Å². The van der Waals surface area contributed by atoms with Crippen molar-refractivity contribution in [2.75, 3.05) is 19.8 Å². The van der Waals surface area contributed by atoms with Gasteiger partial charge in [0.1, 0.15) is 19.3 Å². The summed E-state index contributed by atoms with van der Waals surface area (Å²) in [4.78, 5) is 23.6. The van der Waals surface area contributed by atoms with Gasteiger partial charge in [0.05, 0.1) is 6.04 Å². The van der Waals surface area contributed by atoms with Crippen molar-refractivity contribution in [1.29, 1.82) is 0 Å². The van der Waals surface area contributed by atoms with Gasteiger partial charge in [-0.2, -0.15) is 0 Å². The van der Waals surface area contributed by atoms with Crippen LogP contribution in [-0.4, -0.2) is 37.7 Å². The zero-order valence-corrected chi connectivity index (χ0v) is 12.6. The molecule has 122 valence electrons. The van der Waals surface area contributed by atoms with Crippen LogP contribution >= 0.6 is 0 Å². The van der Waals surface area contributed by atoms with Gasteiger partial charge < -0.3 is 25.4 Å². The number of nitrogens with one attached hydrogen (secondary N) is 3. The molecule has 4 rings (SSSR count). The van der Waals surface area contributed by atoms with Gasteiger partial charge in [-0.1, -0.05) is 6.07 Å². The summed E-state index contributed by atoms with van der Waals surface area (Å²) in [7, 11) is 0. The normalized spacial score (nSPS) is 23.7. The monoisotopic (exact) mass is 317 g/mol. The fourth-order valence-corrected chi connectivity index (χ4v) is 3.02. The van der Waals surface area contributed by atoms with Crippen molar-refractivity contribution in [1.82, 2.24) is 16.0 Å². The number of fused-ring (bicyclic) bond motifs is 1. The van der Waals surface area contributed by atoms with Crippen molar-refractivity contribution in [2.24, 2.45) is 5.92 Å². The minimum Gasteiger partial charge on any atom is -0.486 e. The quantitative estimate of drug-likeness (QED) is 0.763. The maximum atomic E-state index is 12.4. The van der Waals surface area contributed by atoms with E-state index >= 15 is 0 Å². The van der Waals surface area contributed by atoms with Gasteiger partial charge in [0.25, 0.3) is 0 Å². The first-order valence-corrected chi connectivity index (χ1v) is 7.95. The van der Waals surface area contributed by atoms with Crippen LogP contribution in [0.5, 0.6) is 11.5 Å². The average Bonchev–Trinajstić information content (AvgIpc) is 3.32. The maximum Gasteiger partial charge on any atom is 0.315 e. The number of benzene rings is 1. The molecule has 1 aromatic carbocycles. The van der Waals surface area contributed by atoms with Crippen LogP contribution in [0.3, 0.4) is 0 Å². The van der Waals surface area contributed by atoms with E-state index in [1.807, 2.05) is 18.2 Å². The highest BCUT2D eigenvalue weighted by Crippen LogP contribution is 2.43. The molecule has 0 aromatic heterocycles. The number of amides is 3. The van der Waals surface area contributed by atoms with E-state index < -0.39 is 6.04 Å². The van der Waals surface area contributed by atoms with Crippen molar-refractivity contribution >= 4 is 11.9 Å². The molecular weight excluding hydrogens is 298 g/mol. The Kier molecular flexibility index (Phi) is 3.48. The smallest absolute Gasteiger partial charge is 0.315 e. The minimum absolute atomic E-state index is 0.0594. The van der Waals surface area contributed by atoms with Gasteiger partial charge in [-0.05, 0) is 36.5 Å². The molecule has 1 aliphatic carbocycles. The van der Waals surface area contributed by atoms with Gasteiger partial charge >= 0.3 is 6.03 Å². The van der Waals surface area contributed by atoms with Gasteiger partial charge in [-0.3, -0.25) is 4.79 Å². The Balaban J connectivity index is 1.51. The second kappa shape index (κ2) is 5.64. The number of ether oxygens (including phenoxy) is 2. The standard InChI is InChI=1S/C16H19N3O4/c20-15(11-8-17-16(21)18-11)19-14(9-1-2-9)10-3-4-12-13(7-10)23-6-5-22-12/h3-4,7,9,11,14H,1-2,5-6,8H2,(H,19,20)(H2,17,18,21)/t11-,14-/m1/s1. The molecule has 0 unspecified atom stereocenters. The van der Waals surface area contributed by atoms with E-state index in [1.165, 1.54) is 0 Å². The molecule has 1 saturated carbocycles. The molecule has 3 amide bonds. The van der Waals surface area contributed by atoms with Gasteiger partial charge in [0, 0.05) is 6.54 Å². The summed E-state index contributed by atoms with van der Waals surface area (Å²) in [6.45, 7) is 1.42. The molecular formula is C16H19N3O4. The Labute approximate surface area is 133 Å². The molecule has 7 nitrogen and oxygen atoms in total. The molecule has 0 bridgehead atoms. The summed E-state index contributed by atoms with van der Waals surface area (Å²) in [5.74, 6) is 1.75. The van der Waals surface area contributed by atoms with E-state index in [1.54, 1.807) is 0 Å². The second-order valence-corrected chi connectivity index (χ2v) is 6.13. The summed E-state index contributed by atoms with van der Waals surface area (Å²) in [5.41, 5.74) is 1.02. The largest absolute Gasteiger partial charge is 0.486 e. The number of carbonyl (C=O) groups excluding carboxylic acids is 2. The van der Waals surface area contributed by atoms with E-state index in [9.17, 15) is 9.59 Å². The van der Waals surface area contributed by atoms with Gasteiger partial charge in [-0.15, -0.1) is 0 Å². The first-order valence-electron chi connectivity index (χ1n) is 7.95. The Bertz CT molecular complexity index is 644. The molecule has 7 heteroatoms. The summed E-state index contributed by atoms with van der Waals surface area (Å²) in [5, 5.41) is 8.29. The summed E-state index contributed by atoms with van der Waals surface area (Å²) < 4.78 is 11.2. The van der Waals surface area contributed by atoms with Crippen molar-refractivity contribution in [2.45, 2.75) is 24.9 Å². The molecule has 1 aromatic rings. The Hall–Kier alpha value is -2.44. The molecule has 3 aliphatic rings. The minimum atomic E-state index is -0.513. The molecule has 23 heavy (non-hydrogen) atoms. The molecule has 0 spiro atoms. The number of carbonyl (C=O) groups is 2. The summed E-state index contributed by atoms with van der Waals surface area (Å²) in [6.07, 6.45) is 2.18. The second-order valence-electron chi connectivity index (χ2n) is 6.13. The highest BCUT2D eigenvalue weighted by molar-refractivity contribution is 5.90. The predicted octanol–water partition coefficient (Wildman–Crippen LogP) is 0.706. The average molecular weight is 317 g/mol. The topological polar surface area (TPSA) is 88.7 Å². The molecule has 2 heterocycles. The zero-order valence-electron chi connectivity index (χ0n) is 12.6. The van der Waals surface area contributed by atoms with Crippen molar-refractivity contribution in [3.05, 3.63) is 23.8 Å². The number of urea groups is 1. The van der Waals surface area contributed by atoms with Gasteiger partial charge in [0.2, 0.25) is 5.91 Å². The number of rotatable bonds is 4. The first-order chi connectivity index (χ1) is 11.2. The third kappa shape index (κ3) is 2.91. The highest BCUT2D eigenvalue weighted by Gasteiger charge is 2.36. The molecule has 2 fully saturated rings. The van der Waals surface area contributed by atoms with Crippen LogP contribution in [0.2, 0.25) is 0 Å². The van der Waals surface area contributed by atoms with Crippen LogP contribution in [0.25, 0.3) is 0 Å². The van der Waals surface area contributed by atoms with Crippen LogP contribution in [0, 0.1) is 5.92 Å². The van der Waals surface area contributed by atoms with Gasteiger partial charge in [0.15, 0.2) is 11.5 Å². The zero-order chi connectivity index (χ0) is 15.8. The van der Waals surface area contributed by atoms with E-state index in [2.05, 4.69) is 16.0 Å². The van der Waals surface area contributed by atoms with Crippen molar-refractivity contribution < 1.29 is 19.1 Å². The molecule has 0 radical (unpaired) electrons. The van der Waals surface area contributed by atoms with E-state index in [-0.39, 0.29) is 18.0 Å². The molecule has 2 aliphatic heterocycles. The van der Waals surface area contributed by atoms with E-state index in [0.29, 0.717) is 25.7 Å². The maximum absolute atomic E-state index is 12.4. The predicted molar refractivity (Wildman–Crippen MR) is 81.4 cm³/mol. The fraction of sp³-hybridized carbons (Fsp3) is 0.500. The third-order valence-electron chi connectivity index (χ3n) is 4.41. The lowest BCUT2D eigenvalue weighted by molar-refractivity contribution is -0.123. The summed E-state index contributed by atoms with van der Waals surface area (Å²) >= 11 is 0. The first kappa shape index (κ1) is 14.2. The van der Waals surface area contributed by atoms with Crippen LogP contribution in [-0.2, 0) is 4.79 Å². The molecule has 1 saturated heterocycles. The Morgan fingerprint density at radius 1 is 1.22 bits per heavy atom. The molecule has 3 N–H and O–H groups in total. The Morgan fingerprint density at radius 3 is 2.70 bits per heavy atom. The van der Waals surface area contributed by atoms with Crippen LogP contribution < -0.4 is 25.4 Å². The van der Waals surface area contributed by atoms with Crippen molar-refractivity contribution in [3.63, 3.8) is 0 Å². The summed E-state index contributed by atoms with van der Waals surface area (Å²) in [6, 6.07) is 4.94. The highest BCUT2D eigenvalue weighted by atomic mass is 16.6.